The third kappa shape index (κ3) is 4.40. The number of nitrogens with zero attached hydrogens (tertiary/aromatic N) is 1. The minimum atomic E-state index is -4.17. The zero-order valence-corrected chi connectivity index (χ0v) is 19.0. The molecular formula is C22H24N2O7S. The van der Waals surface area contributed by atoms with E-state index in [1.165, 1.54) is 28.3 Å². The number of carbonyl (C=O) groups is 2. The largest absolute Gasteiger partial charge is 0.497 e. The molecule has 2 amide bonds. The van der Waals surface area contributed by atoms with Crippen molar-refractivity contribution in [1.29, 1.82) is 0 Å². The molecule has 0 bridgehead atoms. The Balaban J connectivity index is 1.72. The fourth-order valence-corrected chi connectivity index (χ4v) is 5.11. The van der Waals surface area contributed by atoms with Gasteiger partial charge in [0.2, 0.25) is 5.91 Å². The van der Waals surface area contributed by atoms with Crippen LogP contribution in [0.4, 0.5) is 0 Å². The van der Waals surface area contributed by atoms with E-state index in [2.05, 4.69) is 5.32 Å². The molecule has 0 aliphatic carbocycles. The highest BCUT2D eigenvalue weighted by Gasteiger charge is 2.43. The molecule has 1 heterocycles. The Morgan fingerprint density at radius 1 is 0.969 bits per heavy atom. The summed E-state index contributed by atoms with van der Waals surface area (Å²) in [7, 11) is 0.343. The number of sulfonamides is 1. The number of ether oxygens (including phenoxy) is 3. The normalized spacial score (nSPS) is 15.0. The summed E-state index contributed by atoms with van der Waals surface area (Å²) in [5, 5.41) is 2.63. The highest BCUT2D eigenvalue weighted by molar-refractivity contribution is 7.99. The van der Waals surface area contributed by atoms with Gasteiger partial charge in [-0.05, 0) is 54.4 Å². The Hall–Kier alpha value is -3.53. The number of benzene rings is 2. The average Bonchev–Trinajstić information content (AvgIpc) is 2.96. The first-order valence-corrected chi connectivity index (χ1v) is 11.1. The van der Waals surface area contributed by atoms with Gasteiger partial charge in [-0.2, -0.15) is 0 Å². The van der Waals surface area contributed by atoms with Crippen LogP contribution in [-0.2, 0) is 26.2 Å². The van der Waals surface area contributed by atoms with Crippen molar-refractivity contribution in [2.75, 3.05) is 27.9 Å². The molecule has 0 aromatic heterocycles. The van der Waals surface area contributed by atoms with E-state index in [4.69, 9.17) is 14.2 Å². The van der Waals surface area contributed by atoms with Gasteiger partial charge in [-0.1, -0.05) is 6.07 Å². The number of rotatable bonds is 8. The molecule has 0 saturated heterocycles. The first kappa shape index (κ1) is 23.1. The minimum Gasteiger partial charge on any atom is -0.497 e. The Labute approximate surface area is 186 Å². The lowest BCUT2D eigenvalue weighted by Crippen LogP contribution is -2.40. The fourth-order valence-electron chi connectivity index (χ4n) is 3.34. The molecule has 9 nitrogen and oxygen atoms in total. The number of hydrogen-bond acceptors (Lipinski definition) is 7. The maximum absolute atomic E-state index is 13.0. The summed E-state index contributed by atoms with van der Waals surface area (Å²) in [4.78, 5) is 25.0. The second-order valence-corrected chi connectivity index (χ2v) is 8.76. The van der Waals surface area contributed by atoms with Gasteiger partial charge in [0.1, 0.15) is 17.2 Å². The molecule has 2 aromatic carbocycles. The van der Waals surface area contributed by atoms with E-state index in [9.17, 15) is 18.0 Å². The molecule has 10 heteroatoms. The van der Waals surface area contributed by atoms with Crippen molar-refractivity contribution in [3.05, 3.63) is 59.2 Å². The highest BCUT2D eigenvalue weighted by atomic mass is 32.2. The van der Waals surface area contributed by atoms with Crippen LogP contribution >= 0.6 is 0 Å². The van der Waals surface area contributed by atoms with Crippen LogP contribution in [0, 0.1) is 0 Å². The van der Waals surface area contributed by atoms with Crippen LogP contribution in [-0.4, -0.2) is 52.4 Å². The Morgan fingerprint density at radius 2 is 1.62 bits per heavy atom. The minimum absolute atomic E-state index is 0.0582. The lowest BCUT2D eigenvalue weighted by Gasteiger charge is -2.17. The third-order valence-electron chi connectivity index (χ3n) is 5.01. The monoisotopic (exact) mass is 460 g/mol. The SMILES string of the molecule is COc1ccc(C2=C(C)C(=O)N(CC(=O)NCc3ccc(OC)c(OC)c3)S2(=O)=O)cc1. The van der Waals surface area contributed by atoms with Crippen LogP contribution in [0.5, 0.6) is 17.2 Å². The standard InChI is InChI=1S/C22H24N2O7S/c1-14-21(16-6-8-17(29-2)9-7-16)32(27,28)24(22(14)26)13-20(25)23-12-15-5-10-18(30-3)19(11-15)31-4/h5-11H,12-13H2,1-4H3,(H,23,25). The van der Waals surface area contributed by atoms with Crippen LogP contribution in [0.2, 0.25) is 0 Å². The van der Waals surface area contributed by atoms with Gasteiger partial charge in [-0.25, -0.2) is 12.7 Å². The summed E-state index contributed by atoms with van der Waals surface area (Å²) < 4.78 is 42.2. The predicted molar refractivity (Wildman–Crippen MR) is 118 cm³/mol. The number of nitrogens with one attached hydrogen (secondary N) is 1. The van der Waals surface area contributed by atoms with E-state index in [0.29, 0.717) is 27.1 Å². The van der Waals surface area contributed by atoms with Crippen LogP contribution in [0.1, 0.15) is 18.1 Å². The van der Waals surface area contributed by atoms with Crippen LogP contribution in [0.25, 0.3) is 4.91 Å². The summed E-state index contributed by atoms with van der Waals surface area (Å²) >= 11 is 0. The van der Waals surface area contributed by atoms with Crippen LogP contribution < -0.4 is 19.5 Å². The maximum Gasteiger partial charge on any atom is 0.268 e. The number of amides is 2. The lowest BCUT2D eigenvalue weighted by atomic mass is 10.1. The molecule has 0 spiro atoms. The third-order valence-corrected chi connectivity index (χ3v) is 6.95. The second-order valence-electron chi connectivity index (χ2n) is 6.97. The van der Waals surface area contributed by atoms with Gasteiger partial charge in [0.25, 0.3) is 15.9 Å². The van der Waals surface area contributed by atoms with E-state index in [1.807, 2.05) is 0 Å². The summed E-state index contributed by atoms with van der Waals surface area (Å²) in [5.41, 5.74) is 1.13. The van der Waals surface area contributed by atoms with Gasteiger partial charge in [0.15, 0.2) is 11.5 Å². The Bertz CT molecular complexity index is 1170. The molecule has 0 unspecified atom stereocenters. The zero-order valence-electron chi connectivity index (χ0n) is 18.2. The van der Waals surface area contributed by atoms with Gasteiger partial charge in [0.05, 0.1) is 21.3 Å². The summed E-state index contributed by atoms with van der Waals surface area (Å²) in [6.07, 6.45) is 0. The van der Waals surface area contributed by atoms with E-state index in [-0.39, 0.29) is 17.0 Å². The molecule has 1 aliphatic rings. The lowest BCUT2D eigenvalue weighted by molar-refractivity contribution is -0.128. The van der Waals surface area contributed by atoms with Crippen LogP contribution in [0.15, 0.2) is 48.0 Å². The van der Waals surface area contributed by atoms with Gasteiger partial charge >= 0.3 is 0 Å². The van der Waals surface area contributed by atoms with Crippen molar-refractivity contribution in [1.82, 2.24) is 9.62 Å². The van der Waals surface area contributed by atoms with Crippen molar-refractivity contribution in [2.45, 2.75) is 13.5 Å². The van der Waals surface area contributed by atoms with Gasteiger partial charge in [-0.15, -0.1) is 0 Å². The molecule has 1 aliphatic heterocycles. The average molecular weight is 461 g/mol. The molecule has 1 N–H and O–H groups in total. The molecule has 0 fully saturated rings. The smallest absolute Gasteiger partial charge is 0.268 e. The van der Waals surface area contributed by atoms with Crippen molar-refractivity contribution >= 4 is 26.7 Å². The van der Waals surface area contributed by atoms with Crippen LogP contribution in [0.3, 0.4) is 0 Å². The molecule has 2 aromatic rings. The molecular weight excluding hydrogens is 436 g/mol. The number of carbonyl (C=O) groups excluding carboxylic acids is 2. The first-order chi connectivity index (χ1) is 15.2. The highest BCUT2D eigenvalue weighted by Crippen LogP contribution is 2.35. The van der Waals surface area contributed by atoms with Crippen molar-refractivity contribution in [3.8, 4) is 17.2 Å². The maximum atomic E-state index is 13.0. The quantitative estimate of drug-likeness (QED) is 0.641. The van der Waals surface area contributed by atoms with Crippen molar-refractivity contribution in [3.63, 3.8) is 0 Å². The molecule has 32 heavy (non-hydrogen) atoms. The van der Waals surface area contributed by atoms with E-state index in [1.54, 1.807) is 42.5 Å². The Kier molecular flexibility index (Phi) is 6.73. The van der Waals surface area contributed by atoms with Gasteiger partial charge in [-0.3, -0.25) is 9.59 Å². The zero-order chi connectivity index (χ0) is 23.5. The molecule has 0 saturated carbocycles. The van der Waals surface area contributed by atoms with E-state index >= 15 is 0 Å². The predicted octanol–water partition coefficient (Wildman–Crippen LogP) is 1.93. The second kappa shape index (κ2) is 9.31. The van der Waals surface area contributed by atoms with Gasteiger partial charge < -0.3 is 19.5 Å². The molecule has 3 rings (SSSR count). The summed E-state index contributed by atoms with van der Waals surface area (Å²) in [6, 6.07) is 11.5. The topological polar surface area (TPSA) is 111 Å². The molecule has 170 valence electrons. The molecule has 0 atom stereocenters. The van der Waals surface area contributed by atoms with Crippen molar-refractivity contribution in [2.24, 2.45) is 0 Å². The van der Waals surface area contributed by atoms with Crippen molar-refractivity contribution < 1.29 is 32.2 Å². The van der Waals surface area contributed by atoms with E-state index in [0.717, 1.165) is 5.56 Å². The Morgan fingerprint density at radius 3 is 2.22 bits per heavy atom. The number of hydrogen-bond donors (Lipinski definition) is 1. The van der Waals surface area contributed by atoms with Gasteiger partial charge in [0, 0.05) is 12.1 Å². The fraction of sp³-hybridized carbons (Fsp3) is 0.273. The number of methoxy groups -OCH3 is 3. The summed E-state index contributed by atoms with van der Waals surface area (Å²) in [6.45, 7) is 0.936. The first-order valence-electron chi connectivity index (χ1n) is 9.63. The summed E-state index contributed by atoms with van der Waals surface area (Å²) in [5.74, 6) is 0.266. The molecule has 0 radical (unpaired) electrons. The van der Waals surface area contributed by atoms with E-state index < -0.39 is 28.4 Å².